The molecule has 4 atom stereocenters. The standard InChI is InChI=1S/C12H16N2O4/c1-6-4-13-11(14-10(6)17)18-8-2-9(16)12(5-15)3-7(8)12/h4,7-9,15-16H,2-3,5H2,1H3,(H,13,14,17)/t7-,8+,9+,12+/m1/s1. The van der Waals surface area contributed by atoms with Gasteiger partial charge in [0.2, 0.25) is 0 Å². The Morgan fingerprint density at radius 1 is 1.67 bits per heavy atom. The fraction of sp³-hybridized carbons (Fsp3) is 0.667. The Morgan fingerprint density at radius 3 is 3.00 bits per heavy atom. The molecule has 3 N–H and O–H groups in total. The number of aromatic amines is 1. The van der Waals surface area contributed by atoms with Crippen molar-refractivity contribution in [2.45, 2.75) is 32.0 Å². The number of ether oxygens (including phenoxy) is 1. The van der Waals surface area contributed by atoms with E-state index in [0.29, 0.717) is 12.0 Å². The van der Waals surface area contributed by atoms with Gasteiger partial charge < -0.3 is 14.9 Å². The smallest absolute Gasteiger partial charge is 0.296 e. The molecule has 0 radical (unpaired) electrons. The Bertz CT molecular complexity index is 529. The van der Waals surface area contributed by atoms with Crippen LogP contribution in [-0.2, 0) is 0 Å². The van der Waals surface area contributed by atoms with Crippen molar-refractivity contribution in [1.82, 2.24) is 9.97 Å². The molecule has 18 heavy (non-hydrogen) atoms. The number of rotatable bonds is 3. The third kappa shape index (κ3) is 1.56. The number of aliphatic hydroxyl groups excluding tert-OH is 2. The zero-order valence-electron chi connectivity index (χ0n) is 10.1. The fourth-order valence-corrected chi connectivity index (χ4v) is 2.92. The fourth-order valence-electron chi connectivity index (χ4n) is 2.92. The molecule has 2 aliphatic carbocycles. The van der Waals surface area contributed by atoms with E-state index in [1.165, 1.54) is 6.20 Å². The maximum absolute atomic E-state index is 11.4. The third-order valence-corrected chi connectivity index (χ3v) is 4.26. The minimum absolute atomic E-state index is 0.0173. The molecule has 2 fully saturated rings. The number of nitrogens with zero attached hydrogens (tertiary/aromatic N) is 1. The molecule has 0 aliphatic heterocycles. The quantitative estimate of drug-likeness (QED) is 0.679. The highest BCUT2D eigenvalue weighted by molar-refractivity contribution is 5.17. The largest absolute Gasteiger partial charge is 0.461 e. The lowest BCUT2D eigenvalue weighted by Gasteiger charge is -2.15. The third-order valence-electron chi connectivity index (χ3n) is 4.26. The van der Waals surface area contributed by atoms with E-state index in [1.54, 1.807) is 6.92 Å². The predicted molar refractivity (Wildman–Crippen MR) is 62.3 cm³/mol. The minimum atomic E-state index is -0.533. The van der Waals surface area contributed by atoms with Crippen LogP contribution in [0, 0.1) is 18.3 Å². The molecule has 1 aromatic heterocycles. The van der Waals surface area contributed by atoms with Crippen molar-refractivity contribution in [3.63, 3.8) is 0 Å². The van der Waals surface area contributed by atoms with Gasteiger partial charge in [0.15, 0.2) is 0 Å². The molecule has 2 aliphatic rings. The van der Waals surface area contributed by atoms with Crippen LogP contribution in [0.2, 0.25) is 0 Å². The summed E-state index contributed by atoms with van der Waals surface area (Å²) in [5.41, 5.74) is -0.0666. The predicted octanol–water partition coefficient (Wildman–Crippen LogP) is -0.411. The molecule has 6 nitrogen and oxygen atoms in total. The molecular formula is C12H16N2O4. The minimum Gasteiger partial charge on any atom is -0.461 e. The zero-order chi connectivity index (χ0) is 12.9. The molecular weight excluding hydrogens is 236 g/mol. The van der Waals surface area contributed by atoms with Gasteiger partial charge >= 0.3 is 0 Å². The SMILES string of the molecule is Cc1cnc(O[C@H]2C[C@H](O)[C@]3(CO)C[C@H]23)[nH]c1=O. The van der Waals surface area contributed by atoms with Crippen molar-refractivity contribution in [2.75, 3.05) is 6.61 Å². The maximum atomic E-state index is 11.4. The lowest BCUT2D eigenvalue weighted by atomic mass is 10.0. The van der Waals surface area contributed by atoms with Gasteiger partial charge in [0.1, 0.15) is 6.10 Å². The van der Waals surface area contributed by atoms with Crippen LogP contribution < -0.4 is 10.3 Å². The molecule has 0 spiro atoms. The molecule has 2 saturated carbocycles. The van der Waals surface area contributed by atoms with E-state index >= 15 is 0 Å². The van der Waals surface area contributed by atoms with Crippen LogP contribution in [0.5, 0.6) is 6.01 Å². The molecule has 0 bridgehead atoms. The Kier molecular flexibility index (Phi) is 2.46. The number of aliphatic hydroxyl groups is 2. The second-order valence-corrected chi connectivity index (χ2v) is 5.31. The number of fused-ring (bicyclic) bond motifs is 1. The second kappa shape index (κ2) is 3.80. The first kappa shape index (κ1) is 11.7. The molecule has 0 saturated heterocycles. The Balaban J connectivity index is 1.75. The van der Waals surface area contributed by atoms with Crippen molar-refractivity contribution in [3.8, 4) is 6.01 Å². The summed E-state index contributed by atoms with van der Waals surface area (Å²) in [4.78, 5) is 18.0. The van der Waals surface area contributed by atoms with Gasteiger partial charge in [-0.3, -0.25) is 9.78 Å². The summed E-state index contributed by atoms with van der Waals surface area (Å²) in [6.07, 6.45) is 1.99. The first-order chi connectivity index (χ1) is 8.56. The van der Waals surface area contributed by atoms with Crippen LogP contribution in [-0.4, -0.2) is 39.0 Å². The van der Waals surface area contributed by atoms with E-state index in [-0.39, 0.29) is 35.6 Å². The van der Waals surface area contributed by atoms with Crippen LogP contribution in [0.15, 0.2) is 11.0 Å². The van der Waals surface area contributed by atoms with Crippen LogP contribution in [0.25, 0.3) is 0 Å². The summed E-state index contributed by atoms with van der Waals surface area (Å²) in [6, 6.07) is 0.184. The van der Waals surface area contributed by atoms with Crippen LogP contribution in [0.3, 0.4) is 0 Å². The van der Waals surface area contributed by atoms with Crippen molar-refractivity contribution in [1.29, 1.82) is 0 Å². The molecule has 1 heterocycles. The highest BCUT2D eigenvalue weighted by Gasteiger charge is 2.67. The zero-order valence-corrected chi connectivity index (χ0v) is 10.1. The van der Waals surface area contributed by atoms with Crippen LogP contribution in [0.4, 0.5) is 0 Å². The van der Waals surface area contributed by atoms with Gasteiger partial charge in [-0.05, 0) is 13.3 Å². The number of hydrogen-bond donors (Lipinski definition) is 3. The van der Waals surface area contributed by atoms with E-state index in [1.807, 2.05) is 0 Å². The summed E-state index contributed by atoms with van der Waals surface area (Å²) in [5, 5.41) is 19.2. The van der Waals surface area contributed by atoms with Crippen LogP contribution >= 0.6 is 0 Å². The summed E-state index contributed by atoms with van der Waals surface area (Å²) in [7, 11) is 0. The number of hydrogen-bond acceptors (Lipinski definition) is 5. The summed E-state index contributed by atoms with van der Waals surface area (Å²) in [5.74, 6) is 0.157. The molecule has 0 aromatic carbocycles. The number of nitrogens with one attached hydrogen (secondary N) is 1. The highest BCUT2D eigenvalue weighted by Crippen LogP contribution is 2.63. The molecule has 0 unspecified atom stereocenters. The molecule has 0 amide bonds. The van der Waals surface area contributed by atoms with Gasteiger partial charge in [-0.15, -0.1) is 0 Å². The van der Waals surface area contributed by atoms with Crippen molar-refractivity contribution >= 4 is 0 Å². The lowest BCUT2D eigenvalue weighted by molar-refractivity contribution is 0.0559. The summed E-state index contributed by atoms with van der Waals surface area (Å²) >= 11 is 0. The summed E-state index contributed by atoms with van der Waals surface area (Å²) < 4.78 is 5.62. The topological polar surface area (TPSA) is 95.4 Å². The monoisotopic (exact) mass is 252 g/mol. The van der Waals surface area contributed by atoms with Gasteiger partial charge in [-0.2, -0.15) is 0 Å². The average Bonchev–Trinajstić information content (AvgIpc) is 3.03. The second-order valence-electron chi connectivity index (χ2n) is 5.31. The average molecular weight is 252 g/mol. The van der Waals surface area contributed by atoms with Gasteiger partial charge in [0.25, 0.3) is 11.6 Å². The Hall–Kier alpha value is -1.40. The first-order valence-corrected chi connectivity index (χ1v) is 6.08. The van der Waals surface area contributed by atoms with Crippen molar-refractivity contribution in [2.24, 2.45) is 11.3 Å². The van der Waals surface area contributed by atoms with Crippen molar-refractivity contribution in [3.05, 3.63) is 22.1 Å². The van der Waals surface area contributed by atoms with Gasteiger partial charge in [0, 0.05) is 29.5 Å². The van der Waals surface area contributed by atoms with Gasteiger partial charge in [-0.1, -0.05) is 0 Å². The Morgan fingerprint density at radius 2 is 2.44 bits per heavy atom. The summed E-state index contributed by atoms with van der Waals surface area (Å²) in [6.45, 7) is 1.66. The Labute approximate surface area is 104 Å². The number of aryl methyl sites for hydroxylation is 1. The molecule has 3 rings (SSSR count). The van der Waals surface area contributed by atoms with E-state index in [2.05, 4.69) is 9.97 Å². The van der Waals surface area contributed by atoms with E-state index in [0.717, 1.165) is 6.42 Å². The first-order valence-electron chi connectivity index (χ1n) is 6.08. The maximum Gasteiger partial charge on any atom is 0.296 e. The van der Waals surface area contributed by atoms with Crippen molar-refractivity contribution < 1.29 is 14.9 Å². The normalized spacial score (nSPS) is 37.4. The number of aromatic nitrogens is 2. The van der Waals surface area contributed by atoms with Gasteiger partial charge in [0.05, 0.1) is 12.7 Å². The van der Waals surface area contributed by atoms with E-state index in [9.17, 15) is 15.0 Å². The number of H-pyrrole nitrogens is 1. The van der Waals surface area contributed by atoms with Gasteiger partial charge in [-0.25, -0.2) is 4.98 Å². The highest BCUT2D eigenvalue weighted by atomic mass is 16.5. The molecule has 6 heteroatoms. The lowest BCUT2D eigenvalue weighted by Crippen LogP contribution is -2.24. The molecule has 98 valence electrons. The molecule has 1 aromatic rings. The van der Waals surface area contributed by atoms with E-state index < -0.39 is 6.10 Å². The van der Waals surface area contributed by atoms with E-state index in [4.69, 9.17) is 4.74 Å². The van der Waals surface area contributed by atoms with Crippen LogP contribution in [0.1, 0.15) is 18.4 Å².